The Morgan fingerprint density at radius 3 is 2.50 bits per heavy atom. The molecular formula is C22H20F4N4O2. The van der Waals surface area contributed by atoms with Gasteiger partial charge in [0.15, 0.2) is 0 Å². The summed E-state index contributed by atoms with van der Waals surface area (Å²) in [6.45, 7) is 1.29. The van der Waals surface area contributed by atoms with Crippen molar-refractivity contribution in [1.29, 1.82) is 0 Å². The predicted octanol–water partition coefficient (Wildman–Crippen LogP) is 4.71. The molecule has 0 unspecified atom stereocenters. The van der Waals surface area contributed by atoms with E-state index in [4.69, 9.17) is 4.42 Å². The number of nitrogens with zero attached hydrogens (tertiary/aromatic N) is 3. The third-order valence-electron chi connectivity index (χ3n) is 5.31. The molecule has 0 atom stereocenters. The molecule has 0 radical (unpaired) electrons. The van der Waals surface area contributed by atoms with E-state index in [2.05, 4.69) is 15.5 Å². The first-order chi connectivity index (χ1) is 15.3. The topological polar surface area (TPSA) is 71.3 Å². The number of piperidine rings is 1. The molecule has 1 saturated heterocycles. The molecule has 6 nitrogen and oxygen atoms in total. The highest BCUT2D eigenvalue weighted by Gasteiger charge is 2.31. The minimum atomic E-state index is -4.46. The molecule has 1 aliphatic rings. The van der Waals surface area contributed by atoms with Crippen molar-refractivity contribution in [3.63, 3.8) is 0 Å². The van der Waals surface area contributed by atoms with E-state index in [0.717, 1.165) is 12.1 Å². The van der Waals surface area contributed by atoms with E-state index in [0.29, 0.717) is 43.3 Å². The molecule has 0 saturated carbocycles. The molecule has 2 heterocycles. The highest BCUT2D eigenvalue weighted by Crippen LogP contribution is 2.31. The monoisotopic (exact) mass is 448 g/mol. The van der Waals surface area contributed by atoms with Crippen LogP contribution in [0, 0.1) is 5.82 Å². The zero-order valence-corrected chi connectivity index (χ0v) is 16.9. The third kappa shape index (κ3) is 5.31. The number of rotatable bonds is 5. The molecule has 4 rings (SSSR count). The van der Waals surface area contributed by atoms with Crippen molar-refractivity contribution < 1.29 is 26.8 Å². The lowest BCUT2D eigenvalue weighted by molar-refractivity contribution is -0.137. The van der Waals surface area contributed by atoms with Gasteiger partial charge in [-0.2, -0.15) is 13.2 Å². The molecule has 1 aromatic heterocycles. The van der Waals surface area contributed by atoms with Crippen LogP contribution in [0.15, 0.2) is 52.9 Å². The fourth-order valence-electron chi connectivity index (χ4n) is 3.62. The SMILES string of the molecule is O=C(CN1CCC(c2nnc(-c3ccc(F)cc3)o2)CC1)Nc1cccc(C(F)(F)F)c1. The third-order valence-corrected chi connectivity index (χ3v) is 5.31. The first-order valence-corrected chi connectivity index (χ1v) is 10.1. The Bertz CT molecular complexity index is 1070. The first kappa shape index (κ1) is 21.9. The molecule has 0 spiro atoms. The normalized spacial score (nSPS) is 15.6. The van der Waals surface area contributed by atoms with Crippen LogP contribution in [0.5, 0.6) is 0 Å². The van der Waals surface area contributed by atoms with Crippen LogP contribution >= 0.6 is 0 Å². The molecule has 1 N–H and O–H groups in total. The Labute approximate surface area is 181 Å². The molecule has 1 fully saturated rings. The van der Waals surface area contributed by atoms with Crippen LogP contribution in [0.2, 0.25) is 0 Å². The zero-order chi connectivity index (χ0) is 22.7. The number of aromatic nitrogens is 2. The second kappa shape index (κ2) is 9.07. The lowest BCUT2D eigenvalue weighted by atomic mass is 9.97. The minimum absolute atomic E-state index is 0.0412. The number of benzene rings is 2. The average molecular weight is 448 g/mol. The summed E-state index contributed by atoms with van der Waals surface area (Å²) in [5.74, 6) is 0.136. The Morgan fingerprint density at radius 1 is 1.09 bits per heavy atom. The van der Waals surface area contributed by atoms with Crippen LogP contribution in [0.4, 0.5) is 23.2 Å². The zero-order valence-electron chi connectivity index (χ0n) is 16.9. The fourth-order valence-corrected chi connectivity index (χ4v) is 3.62. The summed E-state index contributed by atoms with van der Waals surface area (Å²) in [6.07, 6.45) is -3.07. The van der Waals surface area contributed by atoms with Gasteiger partial charge >= 0.3 is 6.18 Å². The summed E-state index contributed by atoms with van der Waals surface area (Å²) >= 11 is 0. The molecule has 2 aromatic carbocycles. The second-order valence-electron chi connectivity index (χ2n) is 7.63. The summed E-state index contributed by atoms with van der Waals surface area (Å²) in [5, 5.41) is 10.7. The first-order valence-electron chi connectivity index (χ1n) is 10.1. The van der Waals surface area contributed by atoms with E-state index >= 15 is 0 Å². The lowest BCUT2D eigenvalue weighted by Gasteiger charge is -2.29. The van der Waals surface area contributed by atoms with E-state index < -0.39 is 11.7 Å². The standard InChI is InChI=1S/C22H20F4N4O2/c23-17-6-4-14(5-7-17)20-28-29-21(32-20)15-8-10-30(11-9-15)13-19(31)27-18-3-1-2-16(12-18)22(24,25)26/h1-7,12,15H,8-11,13H2,(H,27,31). The van der Waals surface area contributed by atoms with Crippen LogP contribution in [-0.2, 0) is 11.0 Å². The Balaban J connectivity index is 1.29. The van der Waals surface area contributed by atoms with Crippen molar-refractivity contribution >= 4 is 11.6 Å². The number of likely N-dealkylation sites (tertiary alicyclic amines) is 1. The van der Waals surface area contributed by atoms with Crippen molar-refractivity contribution in [1.82, 2.24) is 15.1 Å². The van der Waals surface area contributed by atoms with Crippen LogP contribution < -0.4 is 5.32 Å². The molecule has 1 aliphatic heterocycles. The smallest absolute Gasteiger partial charge is 0.416 e. The van der Waals surface area contributed by atoms with Crippen LogP contribution in [0.1, 0.15) is 30.2 Å². The maximum Gasteiger partial charge on any atom is 0.416 e. The molecule has 0 aliphatic carbocycles. The summed E-state index contributed by atoms with van der Waals surface area (Å²) in [5.41, 5.74) is -0.0663. The maximum absolute atomic E-state index is 13.1. The molecule has 0 bridgehead atoms. The molecule has 3 aromatic rings. The van der Waals surface area contributed by atoms with Gasteiger partial charge < -0.3 is 9.73 Å². The molecule has 168 valence electrons. The van der Waals surface area contributed by atoms with Gasteiger partial charge in [0.25, 0.3) is 0 Å². The van der Waals surface area contributed by atoms with Crippen molar-refractivity contribution in [3.05, 3.63) is 65.8 Å². The Kier molecular flexibility index (Phi) is 6.22. The number of nitrogens with one attached hydrogen (secondary N) is 1. The van der Waals surface area contributed by atoms with Crippen molar-refractivity contribution in [2.75, 3.05) is 25.0 Å². The molecule has 10 heteroatoms. The Hall–Kier alpha value is -3.27. The van der Waals surface area contributed by atoms with Gasteiger partial charge in [0.05, 0.1) is 12.1 Å². The highest BCUT2D eigenvalue weighted by molar-refractivity contribution is 5.92. The van der Waals surface area contributed by atoms with Gasteiger partial charge in [-0.15, -0.1) is 10.2 Å². The predicted molar refractivity (Wildman–Crippen MR) is 108 cm³/mol. The maximum atomic E-state index is 13.1. The largest absolute Gasteiger partial charge is 0.420 e. The highest BCUT2D eigenvalue weighted by atomic mass is 19.4. The van der Waals surface area contributed by atoms with Gasteiger partial charge in [-0.05, 0) is 68.4 Å². The molecule has 1 amide bonds. The number of hydrogen-bond acceptors (Lipinski definition) is 5. The van der Waals surface area contributed by atoms with Crippen molar-refractivity contribution in [3.8, 4) is 11.5 Å². The summed E-state index contributed by atoms with van der Waals surface area (Å²) in [7, 11) is 0. The van der Waals surface area contributed by atoms with Gasteiger partial charge in [0, 0.05) is 17.2 Å². The summed E-state index contributed by atoms with van der Waals surface area (Å²) in [4.78, 5) is 14.2. The van der Waals surface area contributed by atoms with Gasteiger partial charge in [-0.3, -0.25) is 9.69 Å². The van der Waals surface area contributed by atoms with Gasteiger partial charge in [-0.1, -0.05) is 6.07 Å². The summed E-state index contributed by atoms with van der Waals surface area (Å²) in [6, 6.07) is 10.3. The molecular weight excluding hydrogens is 428 g/mol. The van der Waals surface area contributed by atoms with Crippen LogP contribution in [0.25, 0.3) is 11.5 Å². The van der Waals surface area contributed by atoms with E-state index in [1.54, 1.807) is 12.1 Å². The van der Waals surface area contributed by atoms with Gasteiger partial charge in [0.1, 0.15) is 5.82 Å². The number of carbonyl (C=O) groups is 1. The van der Waals surface area contributed by atoms with E-state index in [-0.39, 0.29) is 29.9 Å². The van der Waals surface area contributed by atoms with Crippen LogP contribution in [0.3, 0.4) is 0 Å². The lowest BCUT2D eigenvalue weighted by Crippen LogP contribution is -2.38. The number of anilines is 1. The van der Waals surface area contributed by atoms with Gasteiger partial charge in [0.2, 0.25) is 17.7 Å². The average Bonchev–Trinajstić information content (AvgIpc) is 3.24. The number of amides is 1. The Morgan fingerprint density at radius 2 is 1.81 bits per heavy atom. The number of halogens is 4. The van der Waals surface area contributed by atoms with Gasteiger partial charge in [-0.25, -0.2) is 4.39 Å². The second-order valence-corrected chi connectivity index (χ2v) is 7.63. The quantitative estimate of drug-likeness (QED) is 0.573. The minimum Gasteiger partial charge on any atom is -0.420 e. The summed E-state index contributed by atoms with van der Waals surface area (Å²) < 4.78 is 57.3. The fraction of sp³-hybridized carbons (Fsp3) is 0.318. The number of carbonyl (C=O) groups excluding carboxylic acids is 1. The molecule has 32 heavy (non-hydrogen) atoms. The van der Waals surface area contributed by atoms with E-state index in [1.807, 2.05) is 4.90 Å². The van der Waals surface area contributed by atoms with E-state index in [9.17, 15) is 22.4 Å². The van der Waals surface area contributed by atoms with Crippen molar-refractivity contribution in [2.45, 2.75) is 24.9 Å². The number of hydrogen-bond donors (Lipinski definition) is 1. The number of alkyl halides is 3. The van der Waals surface area contributed by atoms with Crippen molar-refractivity contribution in [2.24, 2.45) is 0 Å². The van der Waals surface area contributed by atoms with E-state index in [1.165, 1.54) is 24.3 Å². The van der Waals surface area contributed by atoms with Crippen LogP contribution in [-0.4, -0.2) is 40.6 Å².